The maximum absolute atomic E-state index is 12.5. The summed E-state index contributed by atoms with van der Waals surface area (Å²) < 4.78 is 16.6. The molecule has 0 heterocycles. The van der Waals surface area contributed by atoms with E-state index in [9.17, 15) is 14.4 Å². The van der Waals surface area contributed by atoms with Crippen molar-refractivity contribution in [1.82, 2.24) is 0 Å². The van der Waals surface area contributed by atoms with Gasteiger partial charge in [-0.3, -0.25) is 14.4 Å². The van der Waals surface area contributed by atoms with Crippen molar-refractivity contribution in [3.63, 3.8) is 0 Å². The molecular formula is C46H88O6. The van der Waals surface area contributed by atoms with Gasteiger partial charge in [-0.2, -0.15) is 0 Å². The van der Waals surface area contributed by atoms with Crippen LogP contribution in [0.3, 0.4) is 0 Å². The Labute approximate surface area is 323 Å². The Morgan fingerprint density at radius 2 is 0.635 bits per heavy atom. The van der Waals surface area contributed by atoms with Crippen molar-refractivity contribution in [3.8, 4) is 0 Å². The molecule has 0 rings (SSSR count). The van der Waals surface area contributed by atoms with E-state index in [1.165, 1.54) is 141 Å². The molecule has 52 heavy (non-hydrogen) atoms. The maximum Gasteiger partial charge on any atom is 0.306 e. The lowest BCUT2D eigenvalue weighted by Gasteiger charge is -2.18. The first-order valence-electron chi connectivity index (χ1n) is 22.9. The average Bonchev–Trinajstić information content (AvgIpc) is 3.12. The number of esters is 3. The summed E-state index contributed by atoms with van der Waals surface area (Å²) in [6.45, 7) is 8.93. The number of hydrogen-bond acceptors (Lipinski definition) is 6. The third kappa shape index (κ3) is 39.6. The van der Waals surface area contributed by atoms with Crippen LogP contribution in [-0.4, -0.2) is 37.2 Å². The number of rotatable bonds is 41. The highest BCUT2D eigenvalue weighted by molar-refractivity contribution is 5.71. The Hall–Kier alpha value is -1.59. The quantitative estimate of drug-likeness (QED) is 0.0353. The monoisotopic (exact) mass is 737 g/mol. The van der Waals surface area contributed by atoms with E-state index in [1.54, 1.807) is 0 Å². The molecule has 6 heteroatoms. The summed E-state index contributed by atoms with van der Waals surface area (Å²) in [5.41, 5.74) is 0. The first kappa shape index (κ1) is 50.4. The van der Waals surface area contributed by atoms with Gasteiger partial charge in [0, 0.05) is 19.3 Å². The summed E-state index contributed by atoms with van der Waals surface area (Å²) in [7, 11) is 0. The van der Waals surface area contributed by atoms with Gasteiger partial charge in [-0.1, -0.05) is 214 Å². The molecule has 0 unspecified atom stereocenters. The van der Waals surface area contributed by atoms with Crippen LogP contribution in [0.1, 0.15) is 252 Å². The number of hydrogen-bond donors (Lipinski definition) is 0. The van der Waals surface area contributed by atoms with Gasteiger partial charge in [0.1, 0.15) is 13.2 Å². The second-order valence-corrected chi connectivity index (χ2v) is 16.2. The van der Waals surface area contributed by atoms with Gasteiger partial charge in [0.25, 0.3) is 0 Å². The van der Waals surface area contributed by atoms with Crippen molar-refractivity contribution in [3.05, 3.63) is 0 Å². The molecule has 1 atom stereocenters. The van der Waals surface area contributed by atoms with Crippen LogP contribution in [-0.2, 0) is 28.6 Å². The predicted octanol–water partition coefficient (Wildman–Crippen LogP) is 14.3. The molecule has 0 aliphatic heterocycles. The van der Waals surface area contributed by atoms with Gasteiger partial charge in [0.05, 0.1) is 0 Å². The van der Waals surface area contributed by atoms with Crippen LogP contribution >= 0.6 is 0 Å². The summed E-state index contributed by atoms with van der Waals surface area (Å²) in [4.78, 5) is 37.4. The Kier molecular flexibility index (Phi) is 39.4. The molecule has 0 N–H and O–H groups in total. The molecule has 0 radical (unpaired) electrons. The van der Waals surface area contributed by atoms with Crippen LogP contribution in [0.4, 0.5) is 0 Å². The summed E-state index contributed by atoms with van der Waals surface area (Å²) in [5, 5.41) is 0. The molecule has 0 saturated heterocycles. The topological polar surface area (TPSA) is 78.9 Å². The van der Waals surface area contributed by atoms with Crippen molar-refractivity contribution in [2.45, 2.75) is 259 Å². The van der Waals surface area contributed by atoms with E-state index >= 15 is 0 Å². The lowest BCUT2D eigenvalue weighted by molar-refractivity contribution is -0.167. The van der Waals surface area contributed by atoms with Crippen molar-refractivity contribution < 1.29 is 28.6 Å². The Morgan fingerprint density at radius 3 is 0.942 bits per heavy atom. The fraction of sp³-hybridized carbons (Fsp3) is 0.935. The molecule has 0 aromatic carbocycles. The molecular weight excluding hydrogens is 649 g/mol. The highest BCUT2D eigenvalue weighted by Crippen LogP contribution is 2.16. The van der Waals surface area contributed by atoms with E-state index in [1.807, 2.05) is 0 Å². The number of unbranched alkanes of at least 4 members (excludes halogenated alkanes) is 28. The average molecular weight is 737 g/mol. The molecule has 0 aromatic rings. The number of ether oxygens (including phenoxy) is 3. The summed E-state index contributed by atoms with van der Waals surface area (Å²) in [6, 6.07) is 0. The van der Waals surface area contributed by atoms with Crippen molar-refractivity contribution >= 4 is 17.9 Å². The van der Waals surface area contributed by atoms with Crippen molar-refractivity contribution in [2.24, 2.45) is 5.92 Å². The zero-order valence-corrected chi connectivity index (χ0v) is 35.3. The van der Waals surface area contributed by atoms with Crippen LogP contribution < -0.4 is 0 Å². The fourth-order valence-corrected chi connectivity index (χ4v) is 6.80. The molecule has 0 bridgehead atoms. The van der Waals surface area contributed by atoms with Crippen LogP contribution in [0.2, 0.25) is 0 Å². The van der Waals surface area contributed by atoms with E-state index in [2.05, 4.69) is 27.7 Å². The minimum absolute atomic E-state index is 0.0651. The van der Waals surface area contributed by atoms with Gasteiger partial charge >= 0.3 is 17.9 Å². The third-order valence-corrected chi connectivity index (χ3v) is 10.3. The largest absolute Gasteiger partial charge is 0.462 e. The lowest BCUT2D eigenvalue weighted by Crippen LogP contribution is -2.30. The van der Waals surface area contributed by atoms with Gasteiger partial charge in [-0.05, 0) is 25.2 Å². The Morgan fingerprint density at radius 1 is 0.365 bits per heavy atom. The van der Waals surface area contributed by atoms with E-state index in [0.29, 0.717) is 19.3 Å². The third-order valence-electron chi connectivity index (χ3n) is 10.3. The van der Waals surface area contributed by atoms with Gasteiger partial charge < -0.3 is 14.2 Å². The molecule has 308 valence electrons. The second-order valence-electron chi connectivity index (χ2n) is 16.2. The standard InChI is InChI=1S/C46H88O6/c1-5-7-9-11-12-13-14-20-23-26-30-33-37-44(47)50-40-43(52-46(49)39-35-28-10-8-6-2)41-51-45(48)38-34-31-27-24-21-18-16-15-17-19-22-25-29-32-36-42(3)4/h42-43H,5-41H2,1-4H3/t43-/m1/s1. The van der Waals surface area contributed by atoms with Crippen molar-refractivity contribution in [1.29, 1.82) is 0 Å². The molecule has 0 aromatic heterocycles. The molecule has 0 aliphatic carbocycles. The maximum atomic E-state index is 12.5. The minimum atomic E-state index is -0.757. The summed E-state index contributed by atoms with van der Waals surface area (Å²) >= 11 is 0. The molecule has 6 nitrogen and oxygen atoms in total. The van der Waals surface area contributed by atoms with Gasteiger partial charge in [-0.25, -0.2) is 0 Å². The van der Waals surface area contributed by atoms with E-state index in [0.717, 1.165) is 70.1 Å². The van der Waals surface area contributed by atoms with E-state index < -0.39 is 6.10 Å². The van der Waals surface area contributed by atoms with Crippen LogP contribution in [0, 0.1) is 5.92 Å². The van der Waals surface area contributed by atoms with E-state index in [-0.39, 0.29) is 31.1 Å². The minimum Gasteiger partial charge on any atom is -0.462 e. The zero-order chi connectivity index (χ0) is 38.2. The highest BCUT2D eigenvalue weighted by atomic mass is 16.6. The first-order valence-corrected chi connectivity index (χ1v) is 22.9. The Bertz CT molecular complexity index is 781. The lowest BCUT2D eigenvalue weighted by atomic mass is 10.0. The molecule has 0 amide bonds. The van der Waals surface area contributed by atoms with Gasteiger partial charge in [0.15, 0.2) is 6.10 Å². The van der Waals surface area contributed by atoms with Gasteiger partial charge in [0.2, 0.25) is 0 Å². The molecule has 0 spiro atoms. The highest BCUT2D eigenvalue weighted by Gasteiger charge is 2.19. The van der Waals surface area contributed by atoms with Crippen LogP contribution in [0.5, 0.6) is 0 Å². The van der Waals surface area contributed by atoms with Crippen LogP contribution in [0.15, 0.2) is 0 Å². The molecule has 0 saturated carbocycles. The molecule has 0 aliphatic rings. The number of carbonyl (C=O) groups is 3. The summed E-state index contributed by atoms with van der Waals surface area (Å²) in [5.74, 6) is -0.0233. The van der Waals surface area contributed by atoms with E-state index in [4.69, 9.17) is 14.2 Å². The first-order chi connectivity index (χ1) is 25.4. The Balaban J connectivity index is 4.10. The fourth-order valence-electron chi connectivity index (χ4n) is 6.80. The smallest absolute Gasteiger partial charge is 0.306 e. The second kappa shape index (κ2) is 40.6. The van der Waals surface area contributed by atoms with Gasteiger partial charge in [-0.15, -0.1) is 0 Å². The normalized spacial score (nSPS) is 11.9. The SMILES string of the molecule is CCCCCCCCCCCCCCC(=O)OC[C@H](COC(=O)CCCCCCCCCCCCCCCCC(C)C)OC(=O)CCCCCCC. The summed E-state index contributed by atoms with van der Waals surface area (Å²) in [6.07, 6.45) is 39.7. The molecule has 0 fully saturated rings. The number of carbonyl (C=O) groups excluding carboxylic acids is 3. The van der Waals surface area contributed by atoms with Crippen LogP contribution in [0.25, 0.3) is 0 Å². The zero-order valence-electron chi connectivity index (χ0n) is 35.3. The predicted molar refractivity (Wildman–Crippen MR) is 220 cm³/mol. The van der Waals surface area contributed by atoms with Crippen molar-refractivity contribution in [2.75, 3.05) is 13.2 Å².